The molecule has 0 saturated heterocycles. The summed E-state index contributed by atoms with van der Waals surface area (Å²) in [6.07, 6.45) is 0.832. The molecule has 0 spiro atoms. The Morgan fingerprint density at radius 3 is 2.83 bits per heavy atom. The van der Waals surface area contributed by atoms with Crippen molar-refractivity contribution < 1.29 is 9.47 Å². The number of nitrogens with one attached hydrogen (secondary N) is 1. The van der Waals surface area contributed by atoms with E-state index in [1.165, 1.54) is 5.56 Å². The molecular weight excluding hydrogens is 294 g/mol. The van der Waals surface area contributed by atoms with Gasteiger partial charge in [-0.25, -0.2) is 0 Å². The number of ether oxygens (including phenoxy) is 2. The maximum absolute atomic E-state index is 5.39. The highest BCUT2D eigenvalue weighted by Crippen LogP contribution is 2.32. The largest absolute Gasteiger partial charge is 0.454 e. The molecule has 0 bridgehead atoms. The summed E-state index contributed by atoms with van der Waals surface area (Å²) in [5, 5.41) is 15.0. The number of hydrogen-bond acceptors (Lipinski definition) is 6. The summed E-state index contributed by atoms with van der Waals surface area (Å²) in [4.78, 5) is 0. The van der Waals surface area contributed by atoms with Crippen molar-refractivity contribution in [2.75, 3.05) is 18.7 Å². The van der Waals surface area contributed by atoms with Crippen molar-refractivity contribution in [1.82, 2.24) is 20.2 Å². The van der Waals surface area contributed by atoms with Crippen molar-refractivity contribution in [1.29, 1.82) is 0 Å². The third kappa shape index (κ3) is 2.80. The second-order valence-electron chi connectivity index (χ2n) is 5.11. The second-order valence-corrected chi connectivity index (χ2v) is 5.11. The van der Waals surface area contributed by atoms with Gasteiger partial charge in [-0.15, -0.1) is 0 Å². The molecule has 1 N–H and O–H groups in total. The summed E-state index contributed by atoms with van der Waals surface area (Å²) in [6.45, 7) is 1.01. The smallest absolute Gasteiger partial charge is 0.247 e. The zero-order chi connectivity index (χ0) is 15.5. The SMILES string of the molecule is c1ccc(-n2nnnc2NCCc2ccc3c(c2)OCO3)cc1. The molecule has 0 fully saturated rings. The summed E-state index contributed by atoms with van der Waals surface area (Å²) < 4.78 is 12.4. The highest BCUT2D eigenvalue weighted by molar-refractivity contribution is 5.45. The van der Waals surface area contributed by atoms with Crippen LogP contribution in [0.15, 0.2) is 48.5 Å². The van der Waals surface area contributed by atoms with E-state index < -0.39 is 0 Å². The lowest BCUT2D eigenvalue weighted by Crippen LogP contribution is -2.10. The van der Waals surface area contributed by atoms with Crippen LogP contribution < -0.4 is 14.8 Å². The van der Waals surface area contributed by atoms with Crippen molar-refractivity contribution in [2.24, 2.45) is 0 Å². The fourth-order valence-corrected chi connectivity index (χ4v) is 2.46. The molecule has 23 heavy (non-hydrogen) atoms. The van der Waals surface area contributed by atoms with Gasteiger partial charge in [0.25, 0.3) is 0 Å². The van der Waals surface area contributed by atoms with Gasteiger partial charge in [0, 0.05) is 6.54 Å². The van der Waals surface area contributed by atoms with Gasteiger partial charge in [-0.05, 0) is 46.7 Å². The first-order valence-electron chi connectivity index (χ1n) is 7.36. The Labute approximate surface area is 132 Å². The van der Waals surface area contributed by atoms with Gasteiger partial charge >= 0.3 is 0 Å². The Morgan fingerprint density at radius 1 is 1.04 bits per heavy atom. The molecule has 7 nitrogen and oxygen atoms in total. The lowest BCUT2D eigenvalue weighted by Gasteiger charge is -2.07. The third-order valence-electron chi connectivity index (χ3n) is 3.60. The fraction of sp³-hybridized carbons (Fsp3) is 0.188. The summed E-state index contributed by atoms with van der Waals surface area (Å²) in [5.74, 6) is 2.23. The van der Waals surface area contributed by atoms with Crippen molar-refractivity contribution in [3.63, 3.8) is 0 Å². The van der Waals surface area contributed by atoms with Crippen LogP contribution in [0.5, 0.6) is 11.5 Å². The maximum Gasteiger partial charge on any atom is 0.247 e. The molecular formula is C16H15N5O2. The minimum Gasteiger partial charge on any atom is -0.454 e. The van der Waals surface area contributed by atoms with Gasteiger partial charge in [0.15, 0.2) is 11.5 Å². The van der Waals surface area contributed by atoms with Crippen LogP contribution in [0.2, 0.25) is 0 Å². The number of rotatable bonds is 5. The van der Waals surface area contributed by atoms with Crippen molar-refractivity contribution in [3.05, 3.63) is 54.1 Å². The Bertz CT molecular complexity index is 803. The lowest BCUT2D eigenvalue weighted by atomic mass is 10.1. The molecule has 1 aromatic heterocycles. The molecule has 0 radical (unpaired) electrons. The van der Waals surface area contributed by atoms with Gasteiger partial charge in [-0.3, -0.25) is 0 Å². The van der Waals surface area contributed by atoms with Crippen LogP contribution >= 0.6 is 0 Å². The molecule has 0 saturated carbocycles. The van der Waals surface area contributed by atoms with Gasteiger partial charge in [0.2, 0.25) is 12.7 Å². The van der Waals surface area contributed by atoms with Crippen molar-refractivity contribution in [3.8, 4) is 17.2 Å². The molecule has 0 amide bonds. The van der Waals surface area contributed by atoms with E-state index in [9.17, 15) is 0 Å². The van der Waals surface area contributed by atoms with Crippen molar-refractivity contribution >= 4 is 5.95 Å². The number of hydrogen-bond donors (Lipinski definition) is 1. The average molecular weight is 309 g/mol. The summed E-state index contributed by atoms with van der Waals surface area (Å²) in [5.41, 5.74) is 2.09. The second kappa shape index (κ2) is 5.96. The maximum atomic E-state index is 5.39. The van der Waals surface area contributed by atoms with E-state index in [1.807, 2.05) is 48.5 Å². The molecule has 2 aromatic carbocycles. The van der Waals surface area contributed by atoms with Gasteiger partial charge < -0.3 is 14.8 Å². The predicted molar refractivity (Wildman–Crippen MR) is 83.9 cm³/mol. The van der Waals surface area contributed by atoms with Crippen LogP contribution in [0, 0.1) is 0 Å². The van der Waals surface area contributed by atoms with E-state index in [4.69, 9.17) is 9.47 Å². The Hall–Kier alpha value is -3.09. The molecule has 2 heterocycles. The molecule has 0 unspecified atom stereocenters. The number of anilines is 1. The molecule has 116 valence electrons. The van der Waals surface area contributed by atoms with Gasteiger partial charge in [-0.1, -0.05) is 29.4 Å². The summed E-state index contributed by atoms with van der Waals surface area (Å²) in [7, 11) is 0. The zero-order valence-electron chi connectivity index (χ0n) is 12.3. The van der Waals surface area contributed by atoms with E-state index >= 15 is 0 Å². The van der Waals surface area contributed by atoms with Crippen LogP contribution in [-0.2, 0) is 6.42 Å². The molecule has 1 aliphatic rings. The first kappa shape index (κ1) is 13.6. The quantitative estimate of drug-likeness (QED) is 0.777. The van der Waals surface area contributed by atoms with Crippen LogP contribution in [0.1, 0.15) is 5.56 Å². The van der Waals surface area contributed by atoms with E-state index in [0.717, 1.165) is 23.6 Å². The van der Waals surface area contributed by atoms with Gasteiger partial charge in [-0.2, -0.15) is 4.68 Å². The third-order valence-corrected chi connectivity index (χ3v) is 3.60. The minimum atomic E-state index is 0.295. The first-order chi connectivity index (χ1) is 11.4. The van der Waals surface area contributed by atoms with Crippen LogP contribution in [-0.4, -0.2) is 33.5 Å². The minimum absolute atomic E-state index is 0.295. The standard InChI is InChI=1S/C16H15N5O2/c1-2-4-13(5-3-1)21-16(18-19-20-21)17-9-8-12-6-7-14-15(10-12)23-11-22-14/h1-7,10H,8-9,11H2,(H,17,18,20). The Kier molecular flexibility index (Phi) is 3.51. The zero-order valence-corrected chi connectivity index (χ0v) is 12.3. The topological polar surface area (TPSA) is 74.1 Å². The summed E-state index contributed by atoms with van der Waals surface area (Å²) >= 11 is 0. The number of aromatic nitrogens is 4. The number of benzene rings is 2. The van der Waals surface area contributed by atoms with Crippen LogP contribution in [0.25, 0.3) is 5.69 Å². The van der Waals surface area contributed by atoms with E-state index in [-0.39, 0.29) is 0 Å². The monoisotopic (exact) mass is 309 g/mol. The average Bonchev–Trinajstić information content (AvgIpc) is 3.24. The fourth-order valence-electron chi connectivity index (χ4n) is 2.46. The van der Waals surface area contributed by atoms with E-state index in [1.54, 1.807) is 4.68 Å². The normalized spacial score (nSPS) is 12.3. The van der Waals surface area contributed by atoms with Crippen molar-refractivity contribution in [2.45, 2.75) is 6.42 Å². The molecule has 0 aliphatic carbocycles. The van der Waals surface area contributed by atoms with Gasteiger partial charge in [0.1, 0.15) is 0 Å². The summed E-state index contributed by atoms with van der Waals surface area (Å²) in [6, 6.07) is 15.8. The molecule has 7 heteroatoms. The lowest BCUT2D eigenvalue weighted by molar-refractivity contribution is 0.174. The Morgan fingerprint density at radius 2 is 1.91 bits per heavy atom. The molecule has 0 atom stereocenters. The Balaban J connectivity index is 1.41. The highest BCUT2D eigenvalue weighted by atomic mass is 16.7. The number of nitrogens with zero attached hydrogens (tertiary/aromatic N) is 4. The molecule has 3 aromatic rings. The number of tetrazole rings is 1. The first-order valence-corrected chi connectivity index (χ1v) is 7.36. The number of fused-ring (bicyclic) bond motifs is 1. The molecule has 1 aliphatic heterocycles. The molecule has 4 rings (SSSR count). The van der Waals surface area contributed by atoms with Crippen LogP contribution in [0.4, 0.5) is 5.95 Å². The van der Waals surface area contributed by atoms with Gasteiger partial charge in [0.05, 0.1) is 5.69 Å². The number of para-hydroxylation sites is 1. The predicted octanol–water partition coefficient (Wildman–Crippen LogP) is 2.05. The van der Waals surface area contributed by atoms with Crippen LogP contribution in [0.3, 0.4) is 0 Å². The highest BCUT2D eigenvalue weighted by Gasteiger charge is 2.13. The van der Waals surface area contributed by atoms with E-state index in [2.05, 4.69) is 20.8 Å². The van der Waals surface area contributed by atoms with E-state index in [0.29, 0.717) is 19.3 Å².